The predicted octanol–water partition coefficient (Wildman–Crippen LogP) is 3.05. The Bertz CT molecular complexity index is 493. The van der Waals surface area contributed by atoms with Gasteiger partial charge in [-0.2, -0.15) is 0 Å². The fourth-order valence-corrected chi connectivity index (χ4v) is 4.06. The molecule has 0 radical (unpaired) electrons. The van der Waals surface area contributed by atoms with Gasteiger partial charge in [-0.15, -0.1) is 0 Å². The van der Waals surface area contributed by atoms with Crippen LogP contribution in [-0.4, -0.2) is 25.8 Å². The predicted molar refractivity (Wildman–Crippen MR) is 74.1 cm³/mol. The molecule has 1 aromatic carbocycles. The molecule has 5 heteroatoms. The van der Waals surface area contributed by atoms with Gasteiger partial charge in [0.2, 0.25) is 10.0 Å². The minimum Gasteiger partial charge on any atom is -0.212 e. The monoisotopic (exact) mass is 287 g/mol. The summed E-state index contributed by atoms with van der Waals surface area (Å²) in [4.78, 5) is 0. The van der Waals surface area contributed by atoms with Crippen molar-refractivity contribution in [2.75, 3.05) is 13.1 Å². The Hall–Kier alpha value is -0.580. The summed E-state index contributed by atoms with van der Waals surface area (Å²) in [5, 5.41) is 0.582. The van der Waals surface area contributed by atoms with E-state index >= 15 is 0 Å². The van der Waals surface area contributed by atoms with E-state index < -0.39 is 10.0 Å². The molecule has 0 spiro atoms. The number of hydrogen-bond donors (Lipinski definition) is 0. The van der Waals surface area contributed by atoms with Crippen LogP contribution in [0.3, 0.4) is 0 Å². The van der Waals surface area contributed by atoms with Crippen LogP contribution in [0.2, 0.25) is 5.02 Å². The summed E-state index contributed by atoms with van der Waals surface area (Å²) in [5.41, 5.74) is 0.756. The Morgan fingerprint density at radius 1 is 1.11 bits per heavy atom. The summed E-state index contributed by atoms with van der Waals surface area (Å²) < 4.78 is 26.2. The fraction of sp³-hybridized carbons (Fsp3) is 0.538. The van der Waals surface area contributed by atoms with Gasteiger partial charge in [0.05, 0.1) is 5.75 Å². The molecule has 2 rings (SSSR count). The topological polar surface area (TPSA) is 37.4 Å². The summed E-state index contributed by atoms with van der Waals surface area (Å²) in [7, 11) is -3.20. The first-order valence-electron chi connectivity index (χ1n) is 6.30. The van der Waals surface area contributed by atoms with Gasteiger partial charge >= 0.3 is 0 Å². The van der Waals surface area contributed by atoms with Crippen LogP contribution in [0.1, 0.15) is 31.2 Å². The second kappa shape index (κ2) is 6.04. The molecule has 0 atom stereocenters. The first kappa shape index (κ1) is 13.8. The molecule has 1 fully saturated rings. The average molecular weight is 288 g/mol. The van der Waals surface area contributed by atoms with Crippen molar-refractivity contribution in [1.29, 1.82) is 0 Å². The van der Waals surface area contributed by atoms with Gasteiger partial charge < -0.3 is 0 Å². The Balaban J connectivity index is 2.10. The van der Waals surface area contributed by atoms with Gasteiger partial charge in [0, 0.05) is 18.1 Å². The van der Waals surface area contributed by atoms with Crippen molar-refractivity contribution >= 4 is 21.6 Å². The molecule has 1 aliphatic rings. The van der Waals surface area contributed by atoms with Crippen molar-refractivity contribution in [2.24, 2.45) is 0 Å². The molecule has 0 amide bonds. The molecule has 1 aliphatic heterocycles. The van der Waals surface area contributed by atoms with Crippen LogP contribution >= 0.6 is 11.6 Å². The Labute approximate surface area is 114 Å². The zero-order valence-electron chi connectivity index (χ0n) is 10.3. The van der Waals surface area contributed by atoms with E-state index in [-0.39, 0.29) is 5.75 Å². The van der Waals surface area contributed by atoms with E-state index in [2.05, 4.69) is 0 Å². The van der Waals surface area contributed by atoms with Crippen LogP contribution in [0.4, 0.5) is 0 Å². The van der Waals surface area contributed by atoms with Gasteiger partial charge in [-0.25, -0.2) is 12.7 Å². The molecular formula is C13H18ClNO2S. The lowest BCUT2D eigenvalue weighted by atomic mass is 10.2. The minimum atomic E-state index is -3.20. The van der Waals surface area contributed by atoms with Gasteiger partial charge in [-0.1, -0.05) is 36.6 Å². The fourth-order valence-electron chi connectivity index (χ4n) is 2.25. The second-order valence-electron chi connectivity index (χ2n) is 4.70. The molecule has 3 nitrogen and oxygen atoms in total. The van der Waals surface area contributed by atoms with E-state index in [0.29, 0.717) is 18.1 Å². The Morgan fingerprint density at radius 3 is 2.39 bits per heavy atom. The van der Waals surface area contributed by atoms with Gasteiger partial charge in [0.15, 0.2) is 0 Å². The molecule has 1 heterocycles. The highest BCUT2D eigenvalue weighted by atomic mass is 35.5. The Morgan fingerprint density at radius 2 is 1.78 bits per heavy atom. The zero-order chi connectivity index (χ0) is 13.0. The summed E-state index contributed by atoms with van der Waals surface area (Å²) in [5.74, 6) is 0.0492. The van der Waals surface area contributed by atoms with E-state index in [4.69, 9.17) is 11.6 Å². The number of hydrogen-bond acceptors (Lipinski definition) is 2. The third-order valence-corrected chi connectivity index (χ3v) is 5.28. The van der Waals surface area contributed by atoms with Crippen molar-refractivity contribution in [3.63, 3.8) is 0 Å². The third kappa shape index (κ3) is 3.70. The molecule has 0 unspecified atom stereocenters. The van der Waals surface area contributed by atoms with Gasteiger partial charge in [0.25, 0.3) is 0 Å². The van der Waals surface area contributed by atoms with Gasteiger partial charge in [0.1, 0.15) is 0 Å². The van der Waals surface area contributed by atoms with Crippen molar-refractivity contribution in [3.05, 3.63) is 34.9 Å². The molecule has 1 saturated heterocycles. The summed E-state index contributed by atoms with van der Waals surface area (Å²) in [6, 6.07) is 7.07. The van der Waals surface area contributed by atoms with E-state index in [9.17, 15) is 8.42 Å². The quantitative estimate of drug-likeness (QED) is 0.857. The molecule has 0 saturated carbocycles. The lowest BCUT2D eigenvalue weighted by molar-refractivity contribution is 0.423. The normalized spacial score (nSPS) is 18.5. The number of rotatable bonds is 3. The molecule has 100 valence electrons. The lowest BCUT2D eigenvalue weighted by Crippen LogP contribution is -2.32. The van der Waals surface area contributed by atoms with Gasteiger partial charge in [-0.05, 0) is 30.5 Å². The summed E-state index contributed by atoms with van der Waals surface area (Å²) in [6.07, 6.45) is 4.19. The highest BCUT2D eigenvalue weighted by Crippen LogP contribution is 2.18. The van der Waals surface area contributed by atoms with Crippen LogP contribution < -0.4 is 0 Å². The van der Waals surface area contributed by atoms with E-state index in [0.717, 1.165) is 31.2 Å². The molecule has 18 heavy (non-hydrogen) atoms. The van der Waals surface area contributed by atoms with Crippen LogP contribution in [-0.2, 0) is 15.8 Å². The maximum atomic E-state index is 12.3. The maximum absolute atomic E-state index is 12.3. The van der Waals surface area contributed by atoms with Crippen molar-refractivity contribution in [1.82, 2.24) is 4.31 Å². The number of halogens is 1. The number of nitrogens with zero attached hydrogens (tertiary/aromatic N) is 1. The average Bonchev–Trinajstić information content (AvgIpc) is 2.57. The highest BCUT2D eigenvalue weighted by Gasteiger charge is 2.23. The molecule has 0 aromatic heterocycles. The first-order valence-corrected chi connectivity index (χ1v) is 8.29. The smallest absolute Gasteiger partial charge is 0.212 e. The Kier molecular flexibility index (Phi) is 4.65. The molecular weight excluding hydrogens is 270 g/mol. The first-order chi connectivity index (χ1) is 8.58. The minimum absolute atomic E-state index is 0.0492. The van der Waals surface area contributed by atoms with E-state index in [1.54, 1.807) is 28.6 Å². The van der Waals surface area contributed by atoms with Crippen LogP contribution in [0, 0.1) is 0 Å². The lowest BCUT2D eigenvalue weighted by Gasteiger charge is -2.19. The largest absolute Gasteiger partial charge is 0.218 e. The molecule has 0 bridgehead atoms. The van der Waals surface area contributed by atoms with Crippen LogP contribution in [0.15, 0.2) is 24.3 Å². The highest BCUT2D eigenvalue weighted by molar-refractivity contribution is 7.88. The second-order valence-corrected chi connectivity index (χ2v) is 7.10. The summed E-state index contributed by atoms with van der Waals surface area (Å²) >= 11 is 5.88. The van der Waals surface area contributed by atoms with E-state index in [1.165, 1.54) is 0 Å². The molecule has 1 aromatic rings. The zero-order valence-corrected chi connectivity index (χ0v) is 11.9. The van der Waals surface area contributed by atoms with Crippen molar-refractivity contribution in [3.8, 4) is 0 Å². The number of benzene rings is 1. The standard InChI is InChI=1S/C13H18ClNO2S/c14-13-7-5-6-12(10-13)11-18(16,17)15-8-3-1-2-4-9-15/h5-7,10H,1-4,8-9,11H2. The van der Waals surface area contributed by atoms with Crippen molar-refractivity contribution in [2.45, 2.75) is 31.4 Å². The van der Waals surface area contributed by atoms with Crippen LogP contribution in [0.25, 0.3) is 0 Å². The molecule has 0 aliphatic carbocycles. The third-order valence-electron chi connectivity index (χ3n) is 3.20. The van der Waals surface area contributed by atoms with Crippen molar-refractivity contribution < 1.29 is 8.42 Å². The molecule has 0 N–H and O–H groups in total. The van der Waals surface area contributed by atoms with Gasteiger partial charge in [-0.3, -0.25) is 0 Å². The maximum Gasteiger partial charge on any atom is 0.218 e. The van der Waals surface area contributed by atoms with Crippen LogP contribution in [0.5, 0.6) is 0 Å². The summed E-state index contributed by atoms with van der Waals surface area (Å²) in [6.45, 7) is 1.31. The van der Waals surface area contributed by atoms with E-state index in [1.807, 2.05) is 0 Å². The number of sulfonamides is 1. The SMILES string of the molecule is O=S(=O)(Cc1cccc(Cl)c1)N1CCCCCC1.